The minimum Gasteiger partial charge on any atom is -0.481 e. The highest BCUT2D eigenvalue weighted by atomic mass is 16.5. The van der Waals surface area contributed by atoms with Crippen LogP contribution in [0.2, 0.25) is 0 Å². The smallest absolute Gasteiger partial charge is 0.338 e. The molecule has 1 aromatic heterocycles. The third-order valence-corrected chi connectivity index (χ3v) is 3.29. The molecule has 0 saturated heterocycles. The number of aromatic nitrogens is 1. The van der Waals surface area contributed by atoms with E-state index in [1.807, 2.05) is 12.1 Å². The number of carbonyl (C=O) groups excluding carboxylic acids is 1. The normalized spacial score (nSPS) is 11.3. The van der Waals surface area contributed by atoms with E-state index in [4.69, 9.17) is 15.9 Å². The summed E-state index contributed by atoms with van der Waals surface area (Å²) >= 11 is 0. The first-order valence-corrected chi connectivity index (χ1v) is 7.05. The molecule has 1 unspecified atom stereocenters. The third kappa shape index (κ3) is 4.01. The Labute approximate surface area is 134 Å². The first-order valence-electron chi connectivity index (χ1n) is 7.05. The van der Waals surface area contributed by atoms with Crippen LogP contribution in [0, 0.1) is 12.3 Å². The number of ether oxygens (including phenoxy) is 2. The number of hydrogen-bond donors (Lipinski definition) is 0. The van der Waals surface area contributed by atoms with Crippen molar-refractivity contribution in [2.24, 2.45) is 7.05 Å². The van der Waals surface area contributed by atoms with Crippen molar-refractivity contribution in [3.8, 4) is 18.1 Å². The molecule has 0 saturated carbocycles. The van der Waals surface area contributed by atoms with Gasteiger partial charge in [0, 0.05) is 24.9 Å². The van der Waals surface area contributed by atoms with Gasteiger partial charge in [-0.05, 0) is 19.1 Å². The Kier molecular flexibility index (Phi) is 5.21. The molecule has 23 heavy (non-hydrogen) atoms. The molecule has 0 N–H and O–H groups in total. The van der Waals surface area contributed by atoms with E-state index in [2.05, 4.69) is 5.92 Å². The molecule has 0 fully saturated rings. The Balaban J connectivity index is 2.17. The Morgan fingerprint density at radius 3 is 2.78 bits per heavy atom. The van der Waals surface area contributed by atoms with Crippen LogP contribution in [-0.4, -0.2) is 17.1 Å². The van der Waals surface area contributed by atoms with E-state index in [0.29, 0.717) is 11.3 Å². The maximum absolute atomic E-state index is 12.2. The number of terminal acetylenes is 1. The van der Waals surface area contributed by atoms with Gasteiger partial charge in [0.25, 0.3) is 5.56 Å². The minimum atomic E-state index is -0.568. The number of aryl methyl sites for hydroxylation is 1. The summed E-state index contributed by atoms with van der Waals surface area (Å²) in [6.45, 7) is 1.86. The molecule has 2 rings (SSSR count). The summed E-state index contributed by atoms with van der Waals surface area (Å²) in [6.07, 6.45) is 6.17. The van der Waals surface area contributed by atoms with Gasteiger partial charge in [0.05, 0.1) is 5.56 Å². The summed E-state index contributed by atoms with van der Waals surface area (Å²) in [7, 11) is 1.61. The molecular weight excluding hydrogens is 294 g/mol. The zero-order chi connectivity index (χ0) is 16.8. The second kappa shape index (κ2) is 7.32. The lowest BCUT2D eigenvalue weighted by molar-refractivity contribution is 0.0332. The van der Waals surface area contributed by atoms with Crippen molar-refractivity contribution in [3.05, 3.63) is 64.1 Å². The molecule has 0 aliphatic carbocycles. The van der Waals surface area contributed by atoms with Crippen molar-refractivity contribution in [2.75, 3.05) is 6.61 Å². The molecule has 0 aliphatic rings. The number of rotatable bonds is 5. The van der Waals surface area contributed by atoms with Gasteiger partial charge >= 0.3 is 5.97 Å². The monoisotopic (exact) mass is 311 g/mol. The van der Waals surface area contributed by atoms with E-state index in [9.17, 15) is 9.59 Å². The van der Waals surface area contributed by atoms with Gasteiger partial charge in [-0.1, -0.05) is 24.1 Å². The molecule has 5 heteroatoms. The number of para-hydroxylation sites is 1. The molecule has 0 aliphatic heterocycles. The zero-order valence-electron chi connectivity index (χ0n) is 13.0. The van der Waals surface area contributed by atoms with Crippen LogP contribution in [0.3, 0.4) is 0 Å². The number of nitrogens with zero attached hydrogens (tertiary/aromatic N) is 1. The van der Waals surface area contributed by atoms with Gasteiger partial charge in [-0.15, -0.1) is 6.42 Å². The number of hydrogen-bond acceptors (Lipinski definition) is 4. The molecular formula is C18H17NO4. The van der Waals surface area contributed by atoms with Crippen molar-refractivity contribution in [2.45, 2.75) is 13.0 Å². The molecule has 0 spiro atoms. The van der Waals surface area contributed by atoms with Gasteiger partial charge in [-0.2, -0.15) is 0 Å². The predicted molar refractivity (Wildman–Crippen MR) is 86.3 cm³/mol. The topological polar surface area (TPSA) is 57.5 Å². The van der Waals surface area contributed by atoms with Crippen LogP contribution >= 0.6 is 0 Å². The highest BCUT2D eigenvalue weighted by Crippen LogP contribution is 2.27. The van der Waals surface area contributed by atoms with E-state index in [1.54, 1.807) is 26.1 Å². The van der Waals surface area contributed by atoms with Gasteiger partial charge in [-0.3, -0.25) is 4.79 Å². The standard InChI is InChI=1S/C18H17NO4/c1-4-11-22-16-8-6-5-7-15(16)13(2)23-18(21)14-9-10-19(3)17(20)12-14/h1,5-10,12-13H,11H2,2-3H3. The summed E-state index contributed by atoms with van der Waals surface area (Å²) in [5.41, 5.74) is 0.645. The van der Waals surface area contributed by atoms with E-state index < -0.39 is 12.1 Å². The Morgan fingerprint density at radius 2 is 2.09 bits per heavy atom. The summed E-state index contributed by atoms with van der Waals surface area (Å²) in [4.78, 5) is 23.8. The van der Waals surface area contributed by atoms with Crippen molar-refractivity contribution < 1.29 is 14.3 Å². The minimum absolute atomic E-state index is 0.131. The second-order valence-corrected chi connectivity index (χ2v) is 4.94. The largest absolute Gasteiger partial charge is 0.481 e. The van der Waals surface area contributed by atoms with E-state index in [0.717, 1.165) is 0 Å². The van der Waals surface area contributed by atoms with Crippen LogP contribution in [0.5, 0.6) is 5.75 Å². The first-order chi connectivity index (χ1) is 11.0. The summed E-state index contributed by atoms with van der Waals surface area (Å²) in [5.74, 6) is 2.39. The van der Waals surface area contributed by atoms with Gasteiger partial charge in [0.1, 0.15) is 18.5 Å². The molecule has 118 valence electrons. The highest BCUT2D eigenvalue weighted by molar-refractivity contribution is 5.89. The molecule has 2 aromatic rings. The van der Waals surface area contributed by atoms with Crippen molar-refractivity contribution >= 4 is 5.97 Å². The molecule has 1 atom stereocenters. The zero-order valence-corrected chi connectivity index (χ0v) is 13.0. The fourth-order valence-corrected chi connectivity index (χ4v) is 2.03. The first kappa shape index (κ1) is 16.4. The number of esters is 1. The Morgan fingerprint density at radius 1 is 1.35 bits per heavy atom. The number of pyridine rings is 1. The fraction of sp³-hybridized carbons (Fsp3) is 0.222. The van der Waals surface area contributed by atoms with E-state index in [-0.39, 0.29) is 17.7 Å². The lowest BCUT2D eigenvalue weighted by atomic mass is 10.1. The summed E-state index contributed by atoms with van der Waals surface area (Å²) in [5, 5.41) is 0. The van der Waals surface area contributed by atoms with Crippen LogP contribution in [-0.2, 0) is 11.8 Å². The molecule has 1 aromatic carbocycles. The second-order valence-electron chi connectivity index (χ2n) is 4.94. The molecule has 1 heterocycles. The van der Waals surface area contributed by atoms with E-state index >= 15 is 0 Å². The number of carbonyl (C=O) groups is 1. The molecule has 0 radical (unpaired) electrons. The maximum atomic E-state index is 12.2. The van der Waals surface area contributed by atoms with Crippen LogP contribution in [0.15, 0.2) is 47.4 Å². The fourth-order valence-electron chi connectivity index (χ4n) is 2.03. The Hall–Kier alpha value is -3.00. The van der Waals surface area contributed by atoms with Crippen molar-refractivity contribution in [1.29, 1.82) is 0 Å². The lowest BCUT2D eigenvalue weighted by Crippen LogP contribution is -2.18. The SMILES string of the molecule is C#CCOc1ccccc1C(C)OC(=O)c1ccn(C)c(=O)c1. The van der Waals surface area contributed by atoms with Crippen LogP contribution in [0.25, 0.3) is 0 Å². The molecule has 5 nitrogen and oxygen atoms in total. The van der Waals surface area contributed by atoms with Crippen LogP contribution in [0.4, 0.5) is 0 Å². The van der Waals surface area contributed by atoms with Crippen molar-refractivity contribution in [3.63, 3.8) is 0 Å². The van der Waals surface area contributed by atoms with E-state index in [1.165, 1.54) is 22.9 Å². The highest BCUT2D eigenvalue weighted by Gasteiger charge is 2.17. The average molecular weight is 311 g/mol. The summed E-state index contributed by atoms with van der Waals surface area (Å²) < 4.78 is 12.2. The lowest BCUT2D eigenvalue weighted by Gasteiger charge is -2.17. The summed E-state index contributed by atoms with van der Waals surface area (Å²) in [6, 6.07) is 9.97. The maximum Gasteiger partial charge on any atom is 0.338 e. The number of benzene rings is 1. The third-order valence-electron chi connectivity index (χ3n) is 3.29. The Bertz CT molecular complexity index is 801. The van der Waals surface area contributed by atoms with Gasteiger partial charge in [0.2, 0.25) is 0 Å². The molecule has 0 bridgehead atoms. The van der Waals surface area contributed by atoms with Gasteiger partial charge in [0.15, 0.2) is 0 Å². The van der Waals surface area contributed by atoms with Gasteiger partial charge in [-0.25, -0.2) is 4.79 Å². The van der Waals surface area contributed by atoms with Crippen LogP contribution in [0.1, 0.15) is 28.9 Å². The van der Waals surface area contributed by atoms with Crippen LogP contribution < -0.4 is 10.3 Å². The predicted octanol–water partition coefficient (Wildman–Crippen LogP) is 2.32. The molecule has 0 amide bonds. The van der Waals surface area contributed by atoms with Crippen molar-refractivity contribution in [1.82, 2.24) is 4.57 Å². The van der Waals surface area contributed by atoms with Gasteiger partial charge < -0.3 is 14.0 Å². The average Bonchev–Trinajstić information content (AvgIpc) is 2.55. The quantitative estimate of drug-likeness (QED) is 0.628.